The molecule has 2 aromatic carbocycles. The Morgan fingerprint density at radius 1 is 1.14 bits per heavy atom. The number of nitrogens with one attached hydrogen (secondary N) is 1. The Balaban J connectivity index is 1.77. The lowest BCUT2D eigenvalue weighted by Crippen LogP contribution is -2.31. The van der Waals surface area contributed by atoms with Crippen LogP contribution in [0, 0.1) is 25.7 Å². The summed E-state index contributed by atoms with van der Waals surface area (Å²) in [6, 6.07) is 13.7. The molecule has 1 N–H and O–H groups in total. The molecule has 0 bridgehead atoms. The highest BCUT2D eigenvalue weighted by Crippen LogP contribution is 2.42. The Labute approximate surface area is 174 Å². The number of hydrogen-bond donors (Lipinski definition) is 1. The molecule has 1 aliphatic rings. The van der Waals surface area contributed by atoms with Gasteiger partial charge in [-0.05, 0) is 51.1 Å². The van der Waals surface area contributed by atoms with Crippen molar-refractivity contribution in [3.05, 3.63) is 65.6 Å². The maximum Gasteiger partial charge on any atom is 0.260 e. The number of aryl methyl sites for hydroxylation is 2. The molecule has 0 aliphatic carbocycles. The standard InChI is InChI=1S/C23H20N4OS/c1-4-5-12-27-19-11-10-17(26-22-16(3)24-14-15(2)25-22)13-21(19)29-20-9-7-6-8-18(20)23(27)28/h6-11,13-14H,12H2,1-3H3,(H,25,26). The lowest BCUT2D eigenvalue weighted by atomic mass is 10.1. The summed E-state index contributed by atoms with van der Waals surface area (Å²) in [5.41, 5.74) is 4.13. The second kappa shape index (κ2) is 7.98. The van der Waals surface area contributed by atoms with Gasteiger partial charge in [0.2, 0.25) is 0 Å². The van der Waals surface area contributed by atoms with E-state index >= 15 is 0 Å². The molecule has 2 heterocycles. The van der Waals surface area contributed by atoms with E-state index in [-0.39, 0.29) is 5.91 Å². The summed E-state index contributed by atoms with van der Waals surface area (Å²) in [7, 11) is 0. The van der Waals surface area contributed by atoms with Gasteiger partial charge in [0.25, 0.3) is 5.91 Å². The van der Waals surface area contributed by atoms with Crippen molar-refractivity contribution in [2.45, 2.75) is 30.6 Å². The third kappa shape index (κ3) is 3.82. The van der Waals surface area contributed by atoms with Crippen molar-refractivity contribution in [1.29, 1.82) is 0 Å². The summed E-state index contributed by atoms with van der Waals surface area (Å²) in [4.78, 5) is 25.7. The van der Waals surface area contributed by atoms with Gasteiger partial charge in [-0.1, -0.05) is 29.8 Å². The lowest BCUT2D eigenvalue weighted by molar-refractivity contribution is 0.0987. The third-order valence-electron chi connectivity index (χ3n) is 4.59. The highest BCUT2D eigenvalue weighted by atomic mass is 32.2. The molecule has 144 valence electrons. The monoisotopic (exact) mass is 400 g/mol. The molecule has 0 saturated carbocycles. The van der Waals surface area contributed by atoms with E-state index in [9.17, 15) is 4.79 Å². The quantitative estimate of drug-likeness (QED) is 0.629. The van der Waals surface area contributed by atoms with Crippen LogP contribution in [0.15, 0.2) is 58.5 Å². The van der Waals surface area contributed by atoms with Gasteiger partial charge in [0, 0.05) is 21.7 Å². The smallest absolute Gasteiger partial charge is 0.260 e. The van der Waals surface area contributed by atoms with Crippen LogP contribution >= 0.6 is 11.8 Å². The van der Waals surface area contributed by atoms with Crippen LogP contribution in [-0.4, -0.2) is 22.4 Å². The predicted molar refractivity (Wildman–Crippen MR) is 117 cm³/mol. The Morgan fingerprint density at radius 3 is 2.79 bits per heavy atom. The van der Waals surface area contributed by atoms with Crippen LogP contribution in [0.3, 0.4) is 0 Å². The first-order chi connectivity index (χ1) is 14.1. The molecule has 1 aliphatic heterocycles. The molecule has 1 aromatic heterocycles. The number of aromatic nitrogens is 2. The Morgan fingerprint density at radius 2 is 1.97 bits per heavy atom. The van der Waals surface area contributed by atoms with E-state index < -0.39 is 0 Å². The zero-order chi connectivity index (χ0) is 20.4. The van der Waals surface area contributed by atoms with Gasteiger partial charge in [-0.15, -0.1) is 5.92 Å². The van der Waals surface area contributed by atoms with Crippen molar-refractivity contribution in [2.24, 2.45) is 0 Å². The number of anilines is 3. The molecule has 29 heavy (non-hydrogen) atoms. The number of amides is 1. The number of benzene rings is 2. The zero-order valence-electron chi connectivity index (χ0n) is 16.5. The summed E-state index contributed by atoms with van der Waals surface area (Å²) >= 11 is 1.59. The number of nitrogens with zero attached hydrogens (tertiary/aromatic N) is 3. The van der Waals surface area contributed by atoms with Crippen LogP contribution in [-0.2, 0) is 0 Å². The van der Waals surface area contributed by atoms with E-state index in [2.05, 4.69) is 27.1 Å². The van der Waals surface area contributed by atoms with E-state index in [1.807, 2.05) is 56.3 Å². The molecular formula is C23H20N4OS. The van der Waals surface area contributed by atoms with Crippen molar-refractivity contribution >= 4 is 34.9 Å². The van der Waals surface area contributed by atoms with Crippen molar-refractivity contribution in [3.8, 4) is 11.8 Å². The van der Waals surface area contributed by atoms with Crippen LogP contribution in [0.25, 0.3) is 0 Å². The molecule has 4 rings (SSSR count). The highest BCUT2D eigenvalue weighted by Gasteiger charge is 2.26. The van der Waals surface area contributed by atoms with E-state index in [0.29, 0.717) is 12.1 Å². The first-order valence-electron chi connectivity index (χ1n) is 9.26. The van der Waals surface area contributed by atoms with E-state index in [1.54, 1.807) is 29.8 Å². The second-order valence-electron chi connectivity index (χ2n) is 6.67. The van der Waals surface area contributed by atoms with Gasteiger partial charge in [0.15, 0.2) is 5.82 Å². The topological polar surface area (TPSA) is 58.1 Å². The van der Waals surface area contributed by atoms with E-state index in [4.69, 9.17) is 0 Å². The fourth-order valence-electron chi connectivity index (χ4n) is 3.11. The molecule has 1 amide bonds. The Hall–Kier alpha value is -3.30. The maximum absolute atomic E-state index is 13.2. The second-order valence-corrected chi connectivity index (χ2v) is 7.75. The average molecular weight is 401 g/mol. The van der Waals surface area contributed by atoms with Gasteiger partial charge < -0.3 is 5.32 Å². The Bertz CT molecular complexity index is 1160. The van der Waals surface area contributed by atoms with Crippen LogP contribution in [0.5, 0.6) is 0 Å². The number of fused-ring (bicyclic) bond motifs is 2. The molecule has 5 nitrogen and oxygen atoms in total. The van der Waals surface area contributed by atoms with Crippen molar-refractivity contribution < 1.29 is 4.79 Å². The van der Waals surface area contributed by atoms with Gasteiger partial charge in [0.05, 0.1) is 29.2 Å². The third-order valence-corrected chi connectivity index (χ3v) is 5.71. The van der Waals surface area contributed by atoms with E-state index in [1.165, 1.54) is 0 Å². The van der Waals surface area contributed by atoms with Gasteiger partial charge in [0.1, 0.15) is 0 Å². The van der Waals surface area contributed by atoms with Crippen LogP contribution < -0.4 is 10.2 Å². The minimum absolute atomic E-state index is 0.0318. The molecular weight excluding hydrogens is 380 g/mol. The highest BCUT2D eigenvalue weighted by molar-refractivity contribution is 7.99. The molecule has 0 unspecified atom stereocenters. The van der Waals surface area contributed by atoms with Gasteiger partial charge in [-0.25, -0.2) is 4.98 Å². The number of rotatable bonds is 3. The van der Waals surface area contributed by atoms with Crippen molar-refractivity contribution in [1.82, 2.24) is 9.97 Å². The lowest BCUT2D eigenvalue weighted by Gasteiger charge is -2.21. The first kappa shape index (κ1) is 19.0. The number of carbonyl (C=O) groups is 1. The summed E-state index contributed by atoms with van der Waals surface area (Å²) in [6.45, 7) is 5.98. The van der Waals surface area contributed by atoms with Crippen molar-refractivity contribution in [2.75, 3.05) is 16.8 Å². The average Bonchev–Trinajstić information content (AvgIpc) is 2.83. The minimum Gasteiger partial charge on any atom is -0.339 e. The fraction of sp³-hybridized carbons (Fsp3) is 0.174. The number of hydrogen-bond acceptors (Lipinski definition) is 5. The first-order valence-corrected chi connectivity index (χ1v) is 10.1. The molecule has 0 fully saturated rings. The van der Waals surface area contributed by atoms with E-state index in [0.717, 1.165) is 38.4 Å². The summed E-state index contributed by atoms with van der Waals surface area (Å²) in [5, 5.41) is 3.36. The maximum atomic E-state index is 13.2. The summed E-state index contributed by atoms with van der Waals surface area (Å²) in [5.74, 6) is 6.61. The summed E-state index contributed by atoms with van der Waals surface area (Å²) in [6.07, 6.45) is 1.75. The zero-order valence-corrected chi connectivity index (χ0v) is 17.3. The van der Waals surface area contributed by atoms with Gasteiger partial charge in [-0.3, -0.25) is 14.7 Å². The molecule has 0 saturated heterocycles. The summed E-state index contributed by atoms with van der Waals surface area (Å²) < 4.78 is 0. The minimum atomic E-state index is -0.0318. The van der Waals surface area contributed by atoms with Crippen molar-refractivity contribution in [3.63, 3.8) is 0 Å². The SMILES string of the molecule is CC#CCN1C(=O)c2ccccc2Sc2cc(Nc3nc(C)cnc3C)ccc21. The molecule has 0 radical (unpaired) electrons. The molecule has 0 spiro atoms. The van der Waals surface area contributed by atoms with Crippen LogP contribution in [0.1, 0.15) is 28.7 Å². The van der Waals surface area contributed by atoms with Gasteiger partial charge in [-0.2, -0.15) is 0 Å². The molecule has 3 aromatic rings. The van der Waals surface area contributed by atoms with Gasteiger partial charge >= 0.3 is 0 Å². The number of carbonyl (C=O) groups excluding carboxylic acids is 1. The normalized spacial score (nSPS) is 12.4. The molecule has 6 heteroatoms. The van der Waals surface area contributed by atoms with Crippen LogP contribution in [0.2, 0.25) is 0 Å². The largest absolute Gasteiger partial charge is 0.339 e. The van der Waals surface area contributed by atoms with Crippen LogP contribution in [0.4, 0.5) is 17.2 Å². The Kier molecular flexibility index (Phi) is 5.24. The molecule has 0 atom stereocenters. The fourth-order valence-corrected chi connectivity index (χ4v) is 4.23. The predicted octanol–water partition coefficient (Wildman–Crippen LogP) is 4.97.